The van der Waals surface area contributed by atoms with Crippen molar-refractivity contribution in [3.8, 4) is 0 Å². The number of carbonyl (C=O) groups excluding carboxylic acids is 1. The van der Waals surface area contributed by atoms with Crippen molar-refractivity contribution in [3.63, 3.8) is 0 Å². The molecule has 0 heterocycles. The van der Waals surface area contributed by atoms with Crippen molar-refractivity contribution in [2.75, 3.05) is 6.61 Å². The molecule has 0 rings (SSSR count). The molecule has 0 bridgehead atoms. The molecule has 12 heavy (non-hydrogen) atoms. The summed E-state index contributed by atoms with van der Waals surface area (Å²) < 4.78 is 4.58. The van der Waals surface area contributed by atoms with E-state index in [0.29, 0.717) is 13.1 Å². The number of ether oxygens (including phenoxy) is 1. The van der Waals surface area contributed by atoms with Crippen LogP contribution in [0.3, 0.4) is 0 Å². The van der Waals surface area contributed by atoms with Crippen molar-refractivity contribution in [2.24, 2.45) is 0 Å². The van der Waals surface area contributed by atoms with E-state index in [9.17, 15) is 4.79 Å². The van der Waals surface area contributed by atoms with Gasteiger partial charge in [0.1, 0.15) is 0 Å². The Bertz CT molecular complexity index is 155. The molecule has 0 N–H and O–H groups in total. The van der Waals surface area contributed by atoms with Crippen molar-refractivity contribution in [1.82, 2.24) is 0 Å². The highest BCUT2D eigenvalue weighted by Gasteiger charge is 1.93. The van der Waals surface area contributed by atoms with Gasteiger partial charge in [0.05, 0.1) is 6.61 Å². The number of carbonyl (C=O) groups is 1. The molecule has 0 aromatic carbocycles. The van der Waals surface area contributed by atoms with E-state index in [-0.39, 0.29) is 0 Å². The average Bonchev–Trinajstić information content (AvgIpc) is 2.03. The Labute approximate surface area is 74.6 Å². The standard InChI is InChI=1S/C10H18O2/c1-9(2)10(3)6-4-5-7-12-8-11/h8H,4-7H2,1-3H3. The molecule has 0 amide bonds. The molecule has 2 heteroatoms. The van der Waals surface area contributed by atoms with Crippen LogP contribution in [0, 0.1) is 0 Å². The smallest absolute Gasteiger partial charge is 0.293 e. The Morgan fingerprint density at radius 1 is 1.25 bits per heavy atom. The molecule has 0 aliphatic carbocycles. The third-order valence-electron chi connectivity index (χ3n) is 1.99. The molecule has 0 spiro atoms. The van der Waals surface area contributed by atoms with Crippen molar-refractivity contribution >= 4 is 6.47 Å². The predicted molar refractivity (Wildman–Crippen MR) is 49.9 cm³/mol. The fraction of sp³-hybridized carbons (Fsp3) is 0.700. The van der Waals surface area contributed by atoms with Crippen LogP contribution in [0.25, 0.3) is 0 Å². The Morgan fingerprint density at radius 2 is 1.92 bits per heavy atom. The van der Waals surface area contributed by atoms with Crippen LogP contribution in [-0.2, 0) is 9.53 Å². The van der Waals surface area contributed by atoms with E-state index in [1.807, 2.05) is 0 Å². The lowest BCUT2D eigenvalue weighted by Crippen LogP contribution is -1.92. The van der Waals surface area contributed by atoms with E-state index in [1.165, 1.54) is 11.1 Å². The maximum atomic E-state index is 9.78. The fourth-order valence-electron chi connectivity index (χ4n) is 0.874. The average molecular weight is 170 g/mol. The second kappa shape index (κ2) is 6.89. The third kappa shape index (κ3) is 5.96. The van der Waals surface area contributed by atoms with Crippen LogP contribution in [0.5, 0.6) is 0 Å². The minimum Gasteiger partial charge on any atom is -0.468 e. The first-order chi connectivity index (χ1) is 5.68. The summed E-state index contributed by atoms with van der Waals surface area (Å²) in [5.74, 6) is 0. The van der Waals surface area contributed by atoms with Crippen LogP contribution in [0.2, 0.25) is 0 Å². The van der Waals surface area contributed by atoms with Gasteiger partial charge in [-0.2, -0.15) is 0 Å². The summed E-state index contributed by atoms with van der Waals surface area (Å²) in [7, 11) is 0. The molecule has 0 unspecified atom stereocenters. The van der Waals surface area contributed by atoms with Crippen LogP contribution in [0.4, 0.5) is 0 Å². The molecule has 2 nitrogen and oxygen atoms in total. The van der Waals surface area contributed by atoms with Gasteiger partial charge in [-0.05, 0) is 40.0 Å². The Kier molecular flexibility index (Phi) is 6.44. The minimum atomic E-state index is 0.508. The van der Waals surface area contributed by atoms with Gasteiger partial charge in [-0.1, -0.05) is 11.1 Å². The fourth-order valence-corrected chi connectivity index (χ4v) is 0.874. The van der Waals surface area contributed by atoms with Crippen LogP contribution in [0.1, 0.15) is 40.0 Å². The second-order valence-electron chi connectivity index (χ2n) is 3.20. The van der Waals surface area contributed by atoms with Gasteiger partial charge in [0.25, 0.3) is 6.47 Å². The summed E-state index contributed by atoms with van der Waals surface area (Å²) in [4.78, 5) is 9.78. The topological polar surface area (TPSA) is 26.3 Å². The van der Waals surface area contributed by atoms with Crippen molar-refractivity contribution in [2.45, 2.75) is 40.0 Å². The summed E-state index contributed by atoms with van der Waals surface area (Å²) in [6, 6.07) is 0. The van der Waals surface area contributed by atoms with Crippen LogP contribution < -0.4 is 0 Å². The lowest BCUT2D eigenvalue weighted by Gasteiger charge is -2.02. The first-order valence-corrected chi connectivity index (χ1v) is 4.36. The summed E-state index contributed by atoms with van der Waals surface area (Å²) >= 11 is 0. The first-order valence-electron chi connectivity index (χ1n) is 4.36. The molecule has 0 aromatic rings. The van der Waals surface area contributed by atoms with E-state index in [4.69, 9.17) is 0 Å². The Hall–Kier alpha value is -0.790. The predicted octanol–water partition coefficient (Wildman–Crippen LogP) is 2.69. The zero-order chi connectivity index (χ0) is 9.40. The molecule has 0 fully saturated rings. The van der Waals surface area contributed by atoms with E-state index >= 15 is 0 Å². The molecule has 0 aromatic heterocycles. The monoisotopic (exact) mass is 170 g/mol. The molecule has 0 saturated heterocycles. The van der Waals surface area contributed by atoms with Gasteiger partial charge in [-0.25, -0.2) is 0 Å². The highest BCUT2D eigenvalue weighted by Crippen LogP contribution is 2.10. The molecule has 70 valence electrons. The maximum Gasteiger partial charge on any atom is 0.293 e. The van der Waals surface area contributed by atoms with Crippen LogP contribution in [0.15, 0.2) is 11.1 Å². The molecule has 0 atom stereocenters. The van der Waals surface area contributed by atoms with Crippen molar-refractivity contribution in [1.29, 1.82) is 0 Å². The number of hydrogen-bond donors (Lipinski definition) is 0. The molecule has 0 aliphatic heterocycles. The van der Waals surface area contributed by atoms with Gasteiger partial charge in [0.2, 0.25) is 0 Å². The zero-order valence-electron chi connectivity index (χ0n) is 8.22. The minimum absolute atomic E-state index is 0.508. The Balaban J connectivity index is 3.32. The number of unbranched alkanes of at least 4 members (excludes halogenated alkanes) is 1. The second-order valence-corrected chi connectivity index (χ2v) is 3.20. The van der Waals surface area contributed by atoms with Gasteiger partial charge in [0.15, 0.2) is 0 Å². The molecular weight excluding hydrogens is 152 g/mol. The van der Waals surface area contributed by atoms with Crippen LogP contribution in [-0.4, -0.2) is 13.1 Å². The van der Waals surface area contributed by atoms with Gasteiger partial charge in [-0.3, -0.25) is 4.79 Å². The highest BCUT2D eigenvalue weighted by molar-refractivity contribution is 5.36. The summed E-state index contributed by atoms with van der Waals surface area (Å²) in [6.45, 7) is 7.46. The zero-order valence-corrected chi connectivity index (χ0v) is 8.22. The SMILES string of the molecule is CC(C)=C(C)CCCCOC=O. The highest BCUT2D eigenvalue weighted by atomic mass is 16.5. The van der Waals surface area contributed by atoms with E-state index in [2.05, 4.69) is 25.5 Å². The lowest BCUT2D eigenvalue weighted by molar-refractivity contribution is -0.128. The summed E-state index contributed by atoms with van der Waals surface area (Å²) in [5.41, 5.74) is 2.84. The number of rotatable bonds is 6. The number of hydrogen-bond acceptors (Lipinski definition) is 2. The molecule has 0 saturated carbocycles. The van der Waals surface area contributed by atoms with Gasteiger partial charge >= 0.3 is 0 Å². The third-order valence-corrected chi connectivity index (χ3v) is 1.99. The van der Waals surface area contributed by atoms with E-state index < -0.39 is 0 Å². The Morgan fingerprint density at radius 3 is 2.42 bits per heavy atom. The first kappa shape index (κ1) is 11.2. The van der Waals surface area contributed by atoms with E-state index in [1.54, 1.807) is 0 Å². The van der Waals surface area contributed by atoms with Gasteiger partial charge < -0.3 is 4.74 Å². The lowest BCUT2D eigenvalue weighted by atomic mass is 10.1. The summed E-state index contributed by atoms with van der Waals surface area (Å²) in [5, 5.41) is 0. The molecule has 0 radical (unpaired) electrons. The maximum absolute atomic E-state index is 9.78. The summed E-state index contributed by atoms with van der Waals surface area (Å²) in [6.07, 6.45) is 3.18. The largest absolute Gasteiger partial charge is 0.468 e. The van der Waals surface area contributed by atoms with Gasteiger partial charge in [0, 0.05) is 0 Å². The normalized spacial score (nSPS) is 9.25. The van der Waals surface area contributed by atoms with E-state index in [0.717, 1.165) is 19.3 Å². The number of allylic oxidation sites excluding steroid dienone is 2. The van der Waals surface area contributed by atoms with Crippen LogP contribution >= 0.6 is 0 Å². The molecular formula is C10H18O2. The molecule has 0 aliphatic rings. The van der Waals surface area contributed by atoms with Gasteiger partial charge in [-0.15, -0.1) is 0 Å². The van der Waals surface area contributed by atoms with Crippen molar-refractivity contribution in [3.05, 3.63) is 11.1 Å². The van der Waals surface area contributed by atoms with Crippen molar-refractivity contribution < 1.29 is 9.53 Å². The quantitative estimate of drug-likeness (QED) is 0.348.